The number of nitrogens with one attached hydrogen (secondary N) is 1. The molecule has 4 heteroatoms. The molecule has 0 amide bonds. The first kappa shape index (κ1) is 15.3. The normalized spacial score (nSPS) is 20.0. The Morgan fingerprint density at radius 2 is 2.25 bits per heavy atom. The highest BCUT2D eigenvalue weighted by Crippen LogP contribution is 2.28. The van der Waals surface area contributed by atoms with Gasteiger partial charge in [-0.05, 0) is 25.5 Å². The summed E-state index contributed by atoms with van der Waals surface area (Å²) in [5.41, 5.74) is 1.09. The average molecular weight is 279 g/mol. The summed E-state index contributed by atoms with van der Waals surface area (Å²) in [4.78, 5) is 0. The first-order chi connectivity index (χ1) is 9.85. The lowest BCUT2D eigenvalue weighted by molar-refractivity contribution is -0.0214. The van der Waals surface area contributed by atoms with Gasteiger partial charge in [0.15, 0.2) is 0 Å². The van der Waals surface area contributed by atoms with Gasteiger partial charge in [0.1, 0.15) is 5.75 Å². The van der Waals surface area contributed by atoms with Crippen LogP contribution in [0.1, 0.15) is 31.4 Å². The summed E-state index contributed by atoms with van der Waals surface area (Å²) < 4.78 is 17.2. The molecule has 4 nitrogen and oxygen atoms in total. The number of rotatable bonds is 8. The van der Waals surface area contributed by atoms with Crippen LogP contribution in [-0.2, 0) is 9.47 Å². The Hall–Kier alpha value is -1.10. The van der Waals surface area contributed by atoms with Gasteiger partial charge in [0.25, 0.3) is 0 Å². The molecule has 20 heavy (non-hydrogen) atoms. The molecule has 1 aliphatic heterocycles. The van der Waals surface area contributed by atoms with Crippen LogP contribution in [0.4, 0.5) is 0 Å². The maximum absolute atomic E-state index is 6.09. The van der Waals surface area contributed by atoms with Crippen LogP contribution < -0.4 is 10.1 Å². The van der Waals surface area contributed by atoms with Crippen LogP contribution in [0.2, 0.25) is 0 Å². The third kappa shape index (κ3) is 4.20. The molecule has 112 valence electrons. The molecule has 2 unspecified atom stereocenters. The van der Waals surface area contributed by atoms with Crippen molar-refractivity contribution < 1.29 is 14.2 Å². The molecule has 1 aromatic carbocycles. The zero-order valence-corrected chi connectivity index (χ0v) is 12.4. The van der Waals surface area contributed by atoms with Crippen LogP contribution in [0, 0.1) is 0 Å². The molecule has 0 spiro atoms. The molecular formula is C16H25NO3. The van der Waals surface area contributed by atoms with Crippen molar-refractivity contribution in [3.05, 3.63) is 29.8 Å². The Morgan fingerprint density at radius 1 is 1.40 bits per heavy atom. The minimum Gasteiger partial charge on any atom is -0.496 e. The lowest BCUT2D eigenvalue weighted by atomic mass is 10.1. The summed E-state index contributed by atoms with van der Waals surface area (Å²) in [6.45, 7) is 5.31. The second-order valence-corrected chi connectivity index (χ2v) is 5.01. The highest BCUT2D eigenvalue weighted by molar-refractivity contribution is 5.35. The van der Waals surface area contributed by atoms with E-state index >= 15 is 0 Å². The minimum atomic E-state index is -0.00435. The van der Waals surface area contributed by atoms with E-state index in [4.69, 9.17) is 14.2 Å². The average Bonchev–Trinajstić information content (AvgIpc) is 3.01. The van der Waals surface area contributed by atoms with Gasteiger partial charge < -0.3 is 19.5 Å². The Balaban J connectivity index is 2.01. The van der Waals surface area contributed by atoms with Crippen LogP contribution in [0.3, 0.4) is 0 Å². The molecule has 1 saturated heterocycles. The van der Waals surface area contributed by atoms with Crippen LogP contribution >= 0.6 is 0 Å². The van der Waals surface area contributed by atoms with Gasteiger partial charge in [0.05, 0.1) is 25.9 Å². The molecule has 1 aromatic rings. The number of benzene rings is 1. The van der Waals surface area contributed by atoms with E-state index in [9.17, 15) is 0 Å². The molecule has 0 radical (unpaired) electrons. The molecule has 2 rings (SSSR count). The summed E-state index contributed by atoms with van der Waals surface area (Å²) in [7, 11) is 1.70. The lowest BCUT2D eigenvalue weighted by Gasteiger charge is -2.22. The highest BCUT2D eigenvalue weighted by Gasteiger charge is 2.21. The second-order valence-electron chi connectivity index (χ2n) is 5.01. The van der Waals surface area contributed by atoms with E-state index in [0.717, 1.165) is 43.9 Å². The Bertz CT molecular complexity index is 391. The molecule has 1 fully saturated rings. The third-order valence-corrected chi connectivity index (χ3v) is 3.57. The zero-order chi connectivity index (χ0) is 14.2. The monoisotopic (exact) mass is 279 g/mol. The highest BCUT2D eigenvalue weighted by atomic mass is 16.5. The van der Waals surface area contributed by atoms with E-state index in [2.05, 4.69) is 18.3 Å². The first-order valence-electron chi connectivity index (χ1n) is 7.42. The van der Waals surface area contributed by atoms with Crippen molar-refractivity contribution in [3.63, 3.8) is 0 Å². The molecule has 0 bridgehead atoms. The largest absolute Gasteiger partial charge is 0.496 e. The van der Waals surface area contributed by atoms with Crippen molar-refractivity contribution in [1.29, 1.82) is 0 Å². The van der Waals surface area contributed by atoms with E-state index in [1.807, 2.05) is 18.2 Å². The van der Waals surface area contributed by atoms with Crippen LogP contribution in [0.25, 0.3) is 0 Å². The number of ether oxygens (including phenoxy) is 3. The predicted octanol–water partition coefficient (Wildman–Crippen LogP) is 2.54. The van der Waals surface area contributed by atoms with Gasteiger partial charge in [-0.25, -0.2) is 0 Å². The van der Waals surface area contributed by atoms with Crippen molar-refractivity contribution in [2.75, 3.05) is 33.4 Å². The quantitative estimate of drug-likeness (QED) is 0.794. The molecule has 1 heterocycles. The fourth-order valence-corrected chi connectivity index (χ4v) is 2.47. The number of methoxy groups -OCH3 is 1. The SMILES string of the molecule is CCNCC(OCC1CCCO1)c1ccccc1OC. The van der Waals surface area contributed by atoms with Crippen LogP contribution in [0.5, 0.6) is 5.75 Å². The summed E-state index contributed by atoms with van der Waals surface area (Å²) in [6, 6.07) is 8.04. The van der Waals surface area contributed by atoms with Crippen LogP contribution in [-0.4, -0.2) is 39.5 Å². The van der Waals surface area contributed by atoms with Crippen molar-refractivity contribution >= 4 is 0 Å². The summed E-state index contributed by atoms with van der Waals surface area (Å²) in [5.74, 6) is 0.878. The maximum Gasteiger partial charge on any atom is 0.124 e. The van der Waals surface area contributed by atoms with Crippen LogP contribution in [0.15, 0.2) is 24.3 Å². The van der Waals surface area contributed by atoms with E-state index in [0.29, 0.717) is 6.61 Å². The fourth-order valence-electron chi connectivity index (χ4n) is 2.47. The molecule has 0 aliphatic carbocycles. The van der Waals surface area contributed by atoms with Crippen molar-refractivity contribution in [2.24, 2.45) is 0 Å². The summed E-state index contributed by atoms with van der Waals surface area (Å²) in [6.07, 6.45) is 2.48. The summed E-state index contributed by atoms with van der Waals surface area (Å²) >= 11 is 0. The van der Waals surface area contributed by atoms with E-state index in [1.54, 1.807) is 7.11 Å². The topological polar surface area (TPSA) is 39.7 Å². The predicted molar refractivity (Wildman–Crippen MR) is 79.2 cm³/mol. The van der Waals surface area contributed by atoms with Crippen molar-refractivity contribution in [1.82, 2.24) is 5.32 Å². The Labute approximate surface area is 121 Å². The zero-order valence-electron chi connectivity index (χ0n) is 12.4. The standard InChI is InChI=1S/C16H25NO3/c1-3-17-11-16(20-12-13-7-6-10-19-13)14-8-4-5-9-15(14)18-2/h4-5,8-9,13,16-17H,3,6-7,10-12H2,1-2H3. The first-order valence-corrected chi connectivity index (χ1v) is 7.42. The lowest BCUT2D eigenvalue weighted by Crippen LogP contribution is -2.26. The smallest absolute Gasteiger partial charge is 0.124 e. The van der Waals surface area contributed by atoms with Gasteiger partial charge in [-0.15, -0.1) is 0 Å². The molecular weight excluding hydrogens is 254 g/mol. The maximum atomic E-state index is 6.09. The van der Waals surface area contributed by atoms with E-state index in [1.165, 1.54) is 0 Å². The van der Waals surface area contributed by atoms with Gasteiger partial charge in [-0.1, -0.05) is 25.1 Å². The Kier molecular flexibility index (Phi) is 6.30. The Morgan fingerprint density at radius 3 is 2.95 bits per heavy atom. The number of para-hydroxylation sites is 1. The number of likely N-dealkylation sites (N-methyl/N-ethyl adjacent to an activating group) is 1. The molecule has 2 atom stereocenters. The van der Waals surface area contributed by atoms with Gasteiger partial charge in [-0.3, -0.25) is 0 Å². The van der Waals surface area contributed by atoms with E-state index < -0.39 is 0 Å². The molecule has 1 aliphatic rings. The van der Waals surface area contributed by atoms with Crippen molar-refractivity contribution in [3.8, 4) is 5.75 Å². The van der Waals surface area contributed by atoms with Gasteiger partial charge in [-0.2, -0.15) is 0 Å². The summed E-state index contributed by atoms with van der Waals surface area (Å²) in [5, 5.41) is 3.35. The minimum absolute atomic E-state index is 0.00435. The van der Waals surface area contributed by atoms with Gasteiger partial charge in [0, 0.05) is 18.7 Å². The molecule has 0 saturated carbocycles. The third-order valence-electron chi connectivity index (χ3n) is 3.57. The van der Waals surface area contributed by atoms with Gasteiger partial charge in [0.2, 0.25) is 0 Å². The fraction of sp³-hybridized carbons (Fsp3) is 0.625. The second kappa shape index (κ2) is 8.25. The number of hydrogen-bond donors (Lipinski definition) is 1. The van der Waals surface area contributed by atoms with E-state index in [-0.39, 0.29) is 12.2 Å². The molecule has 0 aromatic heterocycles. The molecule has 1 N–H and O–H groups in total. The van der Waals surface area contributed by atoms with Gasteiger partial charge >= 0.3 is 0 Å². The number of hydrogen-bond acceptors (Lipinski definition) is 4. The van der Waals surface area contributed by atoms with Crippen molar-refractivity contribution in [2.45, 2.75) is 32.0 Å².